The van der Waals surface area contributed by atoms with Crippen molar-refractivity contribution in [3.05, 3.63) is 80.5 Å². The molecule has 0 bridgehead atoms. The molecule has 1 aromatic heterocycles. The van der Waals surface area contributed by atoms with Crippen molar-refractivity contribution in [1.82, 2.24) is 15.1 Å². The Balaban J connectivity index is 1.87. The van der Waals surface area contributed by atoms with Gasteiger partial charge >= 0.3 is 0 Å². The summed E-state index contributed by atoms with van der Waals surface area (Å²) in [4.78, 5) is 26.1. The first-order chi connectivity index (χ1) is 14.5. The maximum absolute atomic E-state index is 13.2. The van der Waals surface area contributed by atoms with Crippen molar-refractivity contribution in [3.8, 4) is 11.3 Å². The van der Waals surface area contributed by atoms with E-state index in [1.54, 1.807) is 42.3 Å². The monoisotopic (exact) mass is 426 g/mol. The number of hydrogen-bond acceptors (Lipinski definition) is 5. The van der Waals surface area contributed by atoms with E-state index < -0.39 is 11.0 Å². The van der Waals surface area contributed by atoms with Gasteiger partial charge < -0.3 is 9.64 Å². The molecule has 4 rings (SSSR count). The van der Waals surface area contributed by atoms with Crippen LogP contribution in [0.1, 0.15) is 34.1 Å². The van der Waals surface area contributed by atoms with Crippen LogP contribution in [0, 0.1) is 10.1 Å². The van der Waals surface area contributed by atoms with Crippen molar-refractivity contribution in [3.63, 3.8) is 0 Å². The number of amides is 1. The Morgan fingerprint density at radius 2 is 1.97 bits per heavy atom. The van der Waals surface area contributed by atoms with Gasteiger partial charge in [0.2, 0.25) is 0 Å². The standard InChI is InChI=1S/C21H19ClN4O4/c1-30-12-4-11-25-20(15-5-2-3-6-16(15)26(28)29)17-18(23-24-19(17)21(25)27)13-7-9-14(22)10-8-13/h2-3,5-10,20H,4,11-12H2,1H3,(H,23,24). The fraction of sp³-hybridized carbons (Fsp3) is 0.238. The van der Waals surface area contributed by atoms with E-state index in [0.717, 1.165) is 5.56 Å². The Labute approximate surface area is 177 Å². The molecule has 154 valence electrons. The van der Waals surface area contributed by atoms with Gasteiger partial charge in [-0.2, -0.15) is 5.10 Å². The van der Waals surface area contributed by atoms with Crippen LogP contribution >= 0.6 is 11.6 Å². The fourth-order valence-electron chi connectivity index (χ4n) is 3.84. The lowest BCUT2D eigenvalue weighted by molar-refractivity contribution is -0.385. The molecule has 0 radical (unpaired) electrons. The van der Waals surface area contributed by atoms with Crippen LogP contribution in [-0.2, 0) is 4.74 Å². The third-order valence-corrected chi connectivity index (χ3v) is 5.41. The van der Waals surface area contributed by atoms with Crippen LogP contribution in [-0.4, -0.2) is 46.2 Å². The van der Waals surface area contributed by atoms with E-state index in [1.165, 1.54) is 6.07 Å². The number of halogens is 1. The molecule has 1 atom stereocenters. The van der Waals surface area contributed by atoms with Crippen molar-refractivity contribution in [2.45, 2.75) is 12.5 Å². The topological polar surface area (TPSA) is 101 Å². The number of aromatic nitrogens is 2. The molecule has 30 heavy (non-hydrogen) atoms. The van der Waals surface area contributed by atoms with Gasteiger partial charge in [0.15, 0.2) is 0 Å². The number of nitrogens with one attached hydrogen (secondary N) is 1. The molecule has 0 saturated carbocycles. The van der Waals surface area contributed by atoms with Crippen LogP contribution in [0.5, 0.6) is 0 Å². The Bertz CT molecular complexity index is 1100. The number of H-pyrrole nitrogens is 1. The number of carbonyl (C=O) groups is 1. The molecule has 0 fully saturated rings. The highest BCUT2D eigenvalue weighted by molar-refractivity contribution is 6.30. The molecule has 2 heterocycles. The van der Waals surface area contributed by atoms with Crippen molar-refractivity contribution in [2.75, 3.05) is 20.3 Å². The van der Waals surface area contributed by atoms with Crippen LogP contribution in [0.4, 0.5) is 5.69 Å². The molecule has 8 nitrogen and oxygen atoms in total. The minimum Gasteiger partial charge on any atom is -0.385 e. The molecule has 9 heteroatoms. The van der Waals surface area contributed by atoms with Crippen molar-refractivity contribution < 1.29 is 14.5 Å². The highest BCUT2D eigenvalue weighted by atomic mass is 35.5. The summed E-state index contributed by atoms with van der Waals surface area (Å²) in [5, 5.41) is 19.5. The van der Waals surface area contributed by atoms with Crippen molar-refractivity contribution >= 4 is 23.2 Å². The number of nitro benzene ring substituents is 1. The van der Waals surface area contributed by atoms with E-state index in [-0.39, 0.29) is 11.6 Å². The van der Waals surface area contributed by atoms with E-state index in [0.29, 0.717) is 47.1 Å². The van der Waals surface area contributed by atoms with Gasteiger partial charge in [-0.15, -0.1) is 0 Å². The van der Waals surface area contributed by atoms with Gasteiger partial charge in [-0.05, 0) is 24.6 Å². The third-order valence-electron chi connectivity index (χ3n) is 5.16. The second-order valence-electron chi connectivity index (χ2n) is 6.93. The molecule has 1 aliphatic rings. The lowest BCUT2D eigenvalue weighted by atomic mass is 9.95. The normalized spacial score (nSPS) is 15.5. The summed E-state index contributed by atoms with van der Waals surface area (Å²) in [6.07, 6.45) is 0.605. The maximum atomic E-state index is 13.2. The zero-order valence-corrected chi connectivity index (χ0v) is 16.9. The van der Waals surface area contributed by atoms with Gasteiger partial charge in [0.1, 0.15) is 5.69 Å². The molecule has 1 amide bonds. The van der Waals surface area contributed by atoms with Gasteiger partial charge in [0.25, 0.3) is 11.6 Å². The number of nitrogens with zero attached hydrogens (tertiary/aromatic N) is 3. The molecular formula is C21H19ClN4O4. The molecule has 0 spiro atoms. The van der Waals surface area contributed by atoms with Crippen LogP contribution in [0.2, 0.25) is 5.02 Å². The number of benzene rings is 2. The molecule has 2 aromatic carbocycles. The predicted octanol–water partition coefficient (Wildman–Crippen LogP) is 4.22. The number of ether oxygens (including phenoxy) is 1. The Morgan fingerprint density at radius 3 is 2.67 bits per heavy atom. The van der Waals surface area contributed by atoms with Crippen LogP contribution < -0.4 is 0 Å². The number of hydrogen-bond donors (Lipinski definition) is 1. The third kappa shape index (κ3) is 3.44. The molecule has 0 aliphatic carbocycles. The molecule has 0 saturated heterocycles. The SMILES string of the molecule is COCCCN1C(=O)c2[nH]nc(-c3ccc(Cl)cc3)c2C1c1ccccc1[N+](=O)[O-]. The maximum Gasteiger partial charge on any atom is 0.275 e. The average molecular weight is 427 g/mol. The minimum atomic E-state index is -0.629. The molecule has 3 aromatic rings. The van der Waals surface area contributed by atoms with Gasteiger partial charge in [-0.25, -0.2) is 0 Å². The van der Waals surface area contributed by atoms with E-state index in [2.05, 4.69) is 10.2 Å². The van der Waals surface area contributed by atoms with E-state index in [1.807, 2.05) is 12.1 Å². The number of aromatic amines is 1. The fourth-order valence-corrected chi connectivity index (χ4v) is 3.97. The average Bonchev–Trinajstić information content (AvgIpc) is 3.28. The molecule has 1 unspecified atom stereocenters. The van der Waals surface area contributed by atoms with Crippen LogP contribution in [0.25, 0.3) is 11.3 Å². The van der Waals surface area contributed by atoms with Gasteiger partial charge in [0.05, 0.1) is 22.2 Å². The summed E-state index contributed by atoms with van der Waals surface area (Å²) in [6, 6.07) is 13.0. The lowest BCUT2D eigenvalue weighted by Crippen LogP contribution is -2.31. The Hall–Kier alpha value is -3.23. The van der Waals surface area contributed by atoms with Gasteiger partial charge in [-0.1, -0.05) is 35.9 Å². The first-order valence-electron chi connectivity index (χ1n) is 9.40. The summed E-state index contributed by atoms with van der Waals surface area (Å²) in [6.45, 7) is 0.871. The number of rotatable bonds is 7. The quantitative estimate of drug-likeness (QED) is 0.346. The van der Waals surface area contributed by atoms with Gasteiger partial charge in [-0.3, -0.25) is 20.0 Å². The summed E-state index contributed by atoms with van der Waals surface area (Å²) in [5.41, 5.74) is 2.74. The Morgan fingerprint density at radius 1 is 1.23 bits per heavy atom. The van der Waals surface area contributed by atoms with E-state index in [9.17, 15) is 14.9 Å². The summed E-state index contributed by atoms with van der Waals surface area (Å²) < 4.78 is 5.12. The van der Waals surface area contributed by atoms with Gasteiger partial charge in [0, 0.05) is 42.5 Å². The predicted molar refractivity (Wildman–Crippen MR) is 112 cm³/mol. The second kappa shape index (κ2) is 8.25. The minimum absolute atomic E-state index is 0.0388. The Kier molecular flexibility index (Phi) is 5.52. The second-order valence-corrected chi connectivity index (χ2v) is 7.37. The summed E-state index contributed by atoms with van der Waals surface area (Å²) >= 11 is 6.01. The molecule has 1 aliphatic heterocycles. The largest absolute Gasteiger partial charge is 0.385 e. The number of fused-ring (bicyclic) bond motifs is 1. The molecule has 1 N–H and O–H groups in total. The van der Waals surface area contributed by atoms with E-state index >= 15 is 0 Å². The van der Waals surface area contributed by atoms with Crippen molar-refractivity contribution in [1.29, 1.82) is 0 Å². The smallest absolute Gasteiger partial charge is 0.275 e. The first kappa shape index (κ1) is 20.1. The number of para-hydroxylation sites is 1. The highest BCUT2D eigenvalue weighted by Gasteiger charge is 2.44. The lowest BCUT2D eigenvalue weighted by Gasteiger charge is -2.26. The van der Waals surface area contributed by atoms with E-state index in [4.69, 9.17) is 16.3 Å². The van der Waals surface area contributed by atoms with Crippen LogP contribution in [0.15, 0.2) is 48.5 Å². The zero-order chi connectivity index (χ0) is 21.3. The summed E-state index contributed by atoms with van der Waals surface area (Å²) in [7, 11) is 1.59. The number of nitro groups is 1. The number of methoxy groups -OCH3 is 1. The molecular weight excluding hydrogens is 408 g/mol. The zero-order valence-electron chi connectivity index (χ0n) is 16.2. The number of carbonyl (C=O) groups excluding carboxylic acids is 1. The first-order valence-corrected chi connectivity index (χ1v) is 9.78. The van der Waals surface area contributed by atoms with Crippen molar-refractivity contribution in [2.24, 2.45) is 0 Å². The van der Waals surface area contributed by atoms with Crippen LogP contribution in [0.3, 0.4) is 0 Å². The summed E-state index contributed by atoms with van der Waals surface area (Å²) in [5.74, 6) is -0.239. The highest BCUT2D eigenvalue weighted by Crippen LogP contribution is 2.45.